The van der Waals surface area contributed by atoms with Crippen LogP contribution in [0.3, 0.4) is 0 Å². The number of nitrogens with zero attached hydrogens (tertiary/aromatic N) is 1. The monoisotopic (exact) mass is 187 g/mol. The second-order valence-electron chi connectivity index (χ2n) is 2.96. The smallest absolute Gasteiger partial charge is 0.362 e. The first-order chi connectivity index (χ1) is 5.83. The molecule has 0 N–H and O–H groups in total. The van der Waals surface area contributed by atoms with Crippen molar-refractivity contribution in [2.75, 3.05) is 0 Å². The second kappa shape index (κ2) is 4.02. The highest BCUT2D eigenvalue weighted by Gasteiger charge is 2.39. The van der Waals surface area contributed by atoms with Crippen LogP contribution in [0, 0.1) is 10.1 Å². The van der Waals surface area contributed by atoms with Gasteiger partial charge < -0.3 is 4.74 Å². The van der Waals surface area contributed by atoms with E-state index in [1.54, 1.807) is 6.92 Å². The maximum absolute atomic E-state index is 11.0. The molecule has 1 unspecified atom stereocenters. The summed E-state index contributed by atoms with van der Waals surface area (Å²) in [5.74, 6) is -0.735. The molecular formula is C8H13NO4. The molecule has 0 radical (unpaired) electrons. The molecule has 0 spiro atoms. The van der Waals surface area contributed by atoms with Crippen LogP contribution in [0.5, 0.6) is 0 Å². The minimum Gasteiger partial charge on any atom is -0.392 e. The summed E-state index contributed by atoms with van der Waals surface area (Å²) < 4.78 is 4.67. The van der Waals surface area contributed by atoms with E-state index < -0.39 is 16.6 Å². The summed E-state index contributed by atoms with van der Waals surface area (Å²) in [4.78, 5) is 20.9. The fraction of sp³-hybridized carbons (Fsp3) is 0.625. The van der Waals surface area contributed by atoms with Crippen LogP contribution in [0.2, 0.25) is 0 Å². The van der Waals surface area contributed by atoms with Gasteiger partial charge in [0, 0.05) is 12.5 Å². The van der Waals surface area contributed by atoms with Crippen LogP contribution < -0.4 is 0 Å². The fourth-order valence-corrected chi connectivity index (χ4v) is 0.525. The summed E-state index contributed by atoms with van der Waals surface area (Å²) in [6.07, 6.45) is 0.124. The fourth-order valence-electron chi connectivity index (χ4n) is 0.525. The zero-order chi connectivity index (χ0) is 10.6. The third-order valence-electron chi connectivity index (χ3n) is 1.70. The Hall–Kier alpha value is -1.39. The molecule has 0 saturated heterocycles. The molecule has 0 aliphatic carbocycles. The van der Waals surface area contributed by atoms with Gasteiger partial charge in [0.05, 0.1) is 11.3 Å². The van der Waals surface area contributed by atoms with Crippen molar-refractivity contribution in [2.45, 2.75) is 32.9 Å². The minimum atomic E-state index is -1.64. The topological polar surface area (TPSA) is 69.4 Å². The molecule has 0 aromatic rings. The van der Waals surface area contributed by atoms with E-state index >= 15 is 0 Å². The van der Waals surface area contributed by atoms with Crippen molar-refractivity contribution in [3.05, 3.63) is 22.3 Å². The van der Waals surface area contributed by atoms with E-state index in [0.29, 0.717) is 0 Å². The van der Waals surface area contributed by atoms with E-state index in [9.17, 15) is 14.9 Å². The number of hydrogen-bond donors (Lipinski definition) is 0. The number of carbonyl (C=O) groups excluding carboxylic acids is 1. The average Bonchev–Trinajstić information content (AvgIpc) is 2.03. The normalized spacial score (nSPS) is 14.4. The molecule has 1 atom stereocenters. The largest absolute Gasteiger partial charge is 0.392 e. The van der Waals surface area contributed by atoms with Crippen molar-refractivity contribution in [3.63, 3.8) is 0 Å². The van der Waals surface area contributed by atoms with Crippen LogP contribution in [0.1, 0.15) is 27.2 Å². The summed E-state index contributed by atoms with van der Waals surface area (Å²) >= 11 is 0. The first kappa shape index (κ1) is 11.6. The number of ether oxygens (including phenoxy) is 1. The minimum absolute atomic E-state index is 0.124. The zero-order valence-corrected chi connectivity index (χ0v) is 7.99. The highest BCUT2D eigenvalue weighted by Crippen LogP contribution is 2.17. The lowest BCUT2D eigenvalue weighted by molar-refractivity contribution is -0.616. The molecule has 0 aliphatic rings. The van der Waals surface area contributed by atoms with Crippen molar-refractivity contribution in [3.8, 4) is 0 Å². The van der Waals surface area contributed by atoms with Gasteiger partial charge in [0.2, 0.25) is 0 Å². The maximum atomic E-state index is 11.0. The van der Waals surface area contributed by atoms with Crippen molar-refractivity contribution in [1.29, 1.82) is 0 Å². The number of hydrogen-bond acceptors (Lipinski definition) is 4. The molecule has 0 bridgehead atoms. The van der Waals surface area contributed by atoms with Gasteiger partial charge in [0.1, 0.15) is 0 Å². The molecule has 13 heavy (non-hydrogen) atoms. The summed E-state index contributed by atoms with van der Waals surface area (Å²) in [5, 5.41) is 10.5. The van der Waals surface area contributed by atoms with Crippen molar-refractivity contribution in [1.82, 2.24) is 0 Å². The molecule has 5 nitrogen and oxygen atoms in total. The predicted molar refractivity (Wildman–Crippen MR) is 46.6 cm³/mol. The van der Waals surface area contributed by atoms with Crippen LogP contribution in [-0.2, 0) is 9.53 Å². The Labute approximate surface area is 76.5 Å². The quantitative estimate of drug-likeness (QED) is 0.220. The maximum Gasteiger partial charge on any atom is 0.362 e. The Morgan fingerprint density at radius 1 is 1.69 bits per heavy atom. The molecule has 0 saturated carbocycles. The van der Waals surface area contributed by atoms with Crippen LogP contribution in [-0.4, -0.2) is 16.6 Å². The van der Waals surface area contributed by atoms with E-state index in [-0.39, 0.29) is 12.0 Å². The summed E-state index contributed by atoms with van der Waals surface area (Å²) in [7, 11) is 0. The predicted octanol–water partition coefficient (Wildman–Crippen LogP) is 1.51. The van der Waals surface area contributed by atoms with E-state index in [1.165, 1.54) is 13.8 Å². The Morgan fingerprint density at radius 2 is 2.15 bits per heavy atom. The summed E-state index contributed by atoms with van der Waals surface area (Å²) in [6.45, 7) is 7.61. The summed E-state index contributed by atoms with van der Waals surface area (Å²) in [5.41, 5.74) is -1.49. The molecule has 0 fully saturated rings. The first-order valence-electron chi connectivity index (χ1n) is 3.87. The van der Waals surface area contributed by atoms with E-state index in [4.69, 9.17) is 0 Å². The molecule has 0 aromatic heterocycles. The van der Waals surface area contributed by atoms with Gasteiger partial charge in [0.25, 0.3) is 0 Å². The van der Waals surface area contributed by atoms with Crippen LogP contribution in [0.25, 0.3) is 0 Å². The van der Waals surface area contributed by atoms with E-state index in [2.05, 4.69) is 11.3 Å². The highest BCUT2D eigenvalue weighted by molar-refractivity contribution is 5.87. The van der Waals surface area contributed by atoms with E-state index in [1.807, 2.05) is 0 Å². The molecule has 0 aromatic carbocycles. The second-order valence-corrected chi connectivity index (χ2v) is 2.96. The molecule has 74 valence electrons. The first-order valence-corrected chi connectivity index (χ1v) is 3.87. The van der Waals surface area contributed by atoms with Crippen molar-refractivity contribution >= 4 is 5.97 Å². The van der Waals surface area contributed by atoms with Gasteiger partial charge in [-0.1, -0.05) is 13.5 Å². The molecule has 0 amide bonds. The van der Waals surface area contributed by atoms with Crippen LogP contribution in [0.4, 0.5) is 0 Å². The summed E-state index contributed by atoms with van der Waals surface area (Å²) in [6, 6.07) is 0. The Kier molecular flexibility index (Phi) is 3.59. The molecule has 0 heterocycles. The van der Waals surface area contributed by atoms with Gasteiger partial charge in [-0.05, 0) is 6.92 Å². The molecule has 5 heteroatoms. The van der Waals surface area contributed by atoms with Crippen molar-refractivity contribution < 1.29 is 14.5 Å². The lowest BCUT2D eigenvalue weighted by Crippen LogP contribution is -2.39. The third kappa shape index (κ3) is 2.85. The van der Waals surface area contributed by atoms with Crippen LogP contribution >= 0.6 is 0 Å². The molecule has 0 aliphatic heterocycles. The number of esters is 1. The van der Waals surface area contributed by atoms with Gasteiger partial charge in [-0.15, -0.1) is 0 Å². The standard InChI is InChI=1S/C8H13NO4/c1-5-8(4,9(11)12)13-7(10)6(2)3/h2,5H2,1,3-4H3. The lowest BCUT2D eigenvalue weighted by Gasteiger charge is -2.18. The van der Waals surface area contributed by atoms with Gasteiger partial charge in [0.15, 0.2) is 0 Å². The van der Waals surface area contributed by atoms with Crippen LogP contribution in [0.15, 0.2) is 12.2 Å². The number of nitro groups is 1. The molecular weight excluding hydrogens is 174 g/mol. The van der Waals surface area contributed by atoms with Gasteiger partial charge in [-0.2, -0.15) is 0 Å². The average molecular weight is 187 g/mol. The Morgan fingerprint density at radius 3 is 2.38 bits per heavy atom. The zero-order valence-electron chi connectivity index (χ0n) is 7.99. The SMILES string of the molecule is C=C(C)C(=O)OC(C)(CC)[N+](=O)[O-]. The lowest BCUT2D eigenvalue weighted by atomic mass is 10.2. The van der Waals surface area contributed by atoms with Gasteiger partial charge in [-0.3, -0.25) is 10.1 Å². The van der Waals surface area contributed by atoms with Gasteiger partial charge >= 0.3 is 11.7 Å². The Bertz CT molecular complexity index is 249. The number of rotatable bonds is 4. The van der Waals surface area contributed by atoms with E-state index in [0.717, 1.165) is 0 Å². The highest BCUT2D eigenvalue weighted by atomic mass is 16.7. The molecule has 0 rings (SSSR count). The Balaban J connectivity index is 4.55. The third-order valence-corrected chi connectivity index (χ3v) is 1.70. The number of carbonyl (C=O) groups is 1. The van der Waals surface area contributed by atoms with Crippen molar-refractivity contribution in [2.24, 2.45) is 0 Å². The van der Waals surface area contributed by atoms with Gasteiger partial charge in [-0.25, -0.2) is 4.79 Å².